The van der Waals surface area contributed by atoms with Gasteiger partial charge in [-0.15, -0.1) is 0 Å². The Bertz CT molecular complexity index is 1180. The predicted molar refractivity (Wildman–Crippen MR) is 124 cm³/mol. The lowest BCUT2D eigenvalue weighted by atomic mass is 9.58. The van der Waals surface area contributed by atoms with Crippen molar-refractivity contribution < 1.29 is 39.5 Å². The van der Waals surface area contributed by atoms with Gasteiger partial charge in [0.1, 0.15) is 28.6 Å². The second-order valence-corrected chi connectivity index (χ2v) is 9.60. The SMILES string of the molecule is CCCCOc1ccc(O)c2c1C[C@H]1C[C@H]3[C@H](N(C)C)C(O)=C(C(N)=O)C(=O)[C@@]3(O)C(O)=C1C2=O. The molecular formula is C25H30N2O8. The van der Waals surface area contributed by atoms with Gasteiger partial charge in [-0.1, -0.05) is 13.3 Å². The van der Waals surface area contributed by atoms with Crippen molar-refractivity contribution in [1.82, 2.24) is 4.90 Å². The molecule has 3 aliphatic carbocycles. The number of amides is 1. The number of benzene rings is 1. The number of hydrogen-bond acceptors (Lipinski definition) is 9. The lowest BCUT2D eigenvalue weighted by Crippen LogP contribution is -2.63. The number of rotatable bonds is 6. The van der Waals surface area contributed by atoms with Crippen LogP contribution in [0.1, 0.15) is 42.1 Å². The van der Waals surface area contributed by atoms with E-state index in [-0.39, 0.29) is 29.7 Å². The van der Waals surface area contributed by atoms with E-state index in [2.05, 4.69) is 0 Å². The highest BCUT2D eigenvalue weighted by atomic mass is 16.5. The van der Waals surface area contributed by atoms with Gasteiger partial charge in [0.2, 0.25) is 5.78 Å². The molecule has 10 nitrogen and oxygen atoms in total. The van der Waals surface area contributed by atoms with Gasteiger partial charge < -0.3 is 30.9 Å². The van der Waals surface area contributed by atoms with Crippen LogP contribution in [0, 0.1) is 11.8 Å². The number of carbonyl (C=O) groups excluding carboxylic acids is 3. The molecule has 1 amide bonds. The van der Waals surface area contributed by atoms with Crippen LogP contribution in [0.3, 0.4) is 0 Å². The first-order valence-corrected chi connectivity index (χ1v) is 11.6. The first-order chi connectivity index (χ1) is 16.5. The number of hydrogen-bond donors (Lipinski definition) is 5. The highest BCUT2D eigenvalue weighted by Gasteiger charge is 2.63. The van der Waals surface area contributed by atoms with Crippen molar-refractivity contribution >= 4 is 17.5 Å². The number of nitrogens with two attached hydrogens (primary N) is 1. The molecule has 6 N–H and O–H groups in total. The zero-order valence-electron chi connectivity index (χ0n) is 19.9. The van der Waals surface area contributed by atoms with E-state index in [9.17, 15) is 34.8 Å². The van der Waals surface area contributed by atoms with Gasteiger partial charge in [-0.05, 0) is 51.4 Å². The van der Waals surface area contributed by atoms with Crippen LogP contribution in [0.2, 0.25) is 0 Å². The van der Waals surface area contributed by atoms with E-state index >= 15 is 0 Å². The summed E-state index contributed by atoms with van der Waals surface area (Å²) < 4.78 is 5.86. The Balaban J connectivity index is 1.89. The molecule has 0 spiro atoms. The van der Waals surface area contributed by atoms with E-state index in [0.29, 0.717) is 17.9 Å². The molecule has 1 aromatic carbocycles. The van der Waals surface area contributed by atoms with Crippen molar-refractivity contribution in [2.75, 3.05) is 20.7 Å². The third kappa shape index (κ3) is 3.51. The lowest BCUT2D eigenvalue weighted by Gasteiger charge is -2.50. The van der Waals surface area contributed by atoms with Gasteiger partial charge >= 0.3 is 0 Å². The molecule has 0 heterocycles. The van der Waals surface area contributed by atoms with Crippen LogP contribution in [0.15, 0.2) is 34.8 Å². The number of nitrogens with zero attached hydrogens (tertiary/aromatic N) is 1. The standard InChI is InChI=1S/C25H30N2O8/c1-4-5-8-35-15-7-6-14(28)17-12(15)9-11-10-13-19(27(2)3)21(30)18(24(26)33)23(32)25(13,34)22(31)16(11)20(17)29/h6-7,11,13,19,28,30-31,34H,4-5,8-10H2,1-3H3,(H2,26,33)/t11-,13-,19-,25-/m0/s1. The predicted octanol–water partition coefficient (Wildman–Crippen LogP) is 1.30. The summed E-state index contributed by atoms with van der Waals surface area (Å²) in [7, 11) is 3.18. The largest absolute Gasteiger partial charge is 0.510 e. The second-order valence-electron chi connectivity index (χ2n) is 9.60. The number of unbranched alkanes of at least 4 members (excludes halogenated alkanes) is 1. The number of allylic oxidation sites excluding steroid dienone is 1. The number of phenolic OH excluding ortho intramolecular Hbond substituents is 1. The Labute approximate surface area is 202 Å². The number of aliphatic hydroxyl groups excluding tert-OH is 2. The van der Waals surface area contributed by atoms with Crippen LogP contribution < -0.4 is 10.5 Å². The average molecular weight is 487 g/mol. The van der Waals surface area contributed by atoms with Crippen LogP contribution >= 0.6 is 0 Å². The van der Waals surface area contributed by atoms with Crippen LogP contribution in [0.4, 0.5) is 0 Å². The third-order valence-corrected chi connectivity index (χ3v) is 7.32. The maximum atomic E-state index is 13.6. The minimum Gasteiger partial charge on any atom is -0.510 e. The summed E-state index contributed by atoms with van der Waals surface area (Å²) in [6.45, 7) is 2.44. The van der Waals surface area contributed by atoms with Gasteiger partial charge in [0.25, 0.3) is 5.91 Å². The fourth-order valence-electron chi connectivity index (χ4n) is 5.68. The van der Waals surface area contributed by atoms with Crippen molar-refractivity contribution in [3.05, 3.63) is 45.9 Å². The van der Waals surface area contributed by atoms with Gasteiger partial charge in [-0.3, -0.25) is 19.3 Å². The first-order valence-electron chi connectivity index (χ1n) is 11.6. The molecule has 0 aromatic heterocycles. The van der Waals surface area contributed by atoms with Crippen LogP contribution in [0.25, 0.3) is 0 Å². The summed E-state index contributed by atoms with van der Waals surface area (Å²) in [6, 6.07) is 1.89. The molecule has 4 atom stereocenters. The molecule has 0 radical (unpaired) electrons. The van der Waals surface area contributed by atoms with Crippen molar-refractivity contribution in [2.45, 2.75) is 44.2 Å². The van der Waals surface area contributed by atoms with E-state index < -0.39 is 58.0 Å². The van der Waals surface area contributed by atoms with Crippen molar-refractivity contribution in [3.63, 3.8) is 0 Å². The maximum absolute atomic E-state index is 13.6. The normalized spacial score (nSPS) is 28.1. The monoisotopic (exact) mass is 486 g/mol. The van der Waals surface area contributed by atoms with E-state index in [1.807, 2.05) is 6.92 Å². The number of fused-ring (bicyclic) bond motifs is 3. The summed E-state index contributed by atoms with van der Waals surface area (Å²) in [6.07, 6.45) is 1.95. The summed E-state index contributed by atoms with van der Waals surface area (Å²) in [4.78, 5) is 40.3. The molecule has 0 bridgehead atoms. The van der Waals surface area contributed by atoms with E-state index in [1.165, 1.54) is 11.0 Å². The number of Topliss-reactive ketones (excluding diaryl/α,β-unsaturated/α-hetero) is 2. The molecular weight excluding hydrogens is 456 g/mol. The summed E-state index contributed by atoms with van der Waals surface area (Å²) in [5.74, 6) is -6.26. The van der Waals surface area contributed by atoms with E-state index in [4.69, 9.17) is 10.5 Å². The molecule has 0 aliphatic heterocycles. The van der Waals surface area contributed by atoms with Crippen molar-refractivity contribution in [2.24, 2.45) is 17.6 Å². The Hall–Kier alpha value is -3.37. The third-order valence-electron chi connectivity index (χ3n) is 7.32. The Morgan fingerprint density at radius 1 is 1.23 bits per heavy atom. The number of ether oxygens (including phenoxy) is 1. The number of phenols is 1. The number of likely N-dealkylation sites (N-methyl/N-ethyl adjacent to an activating group) is 1. The van der Waals surface area contributed by atoms with Gasteiger partial charge in [0, 0.05) is 17.1 Å². The van der Waals surface area contributed by atoms with Gasteiger partial charge in [-0.25, -0.2) is 0 Å². The number of ketones is 2. The molecule has 188 valence electrons. The van der Waals surface area contributed by atoms with Gasteiger partial charge in [-0.2, -0.15) is 0 Å². The number of carbonyl (C=O) groups is 3. The second kappa shape index (κ2) is 8.69. The first kappa shape index (κ1) is 24.7. The highest BCUT2D eigenvalue weighted by Crippen LogP contribution is 2.53. The van der Waals surface area contributed by atoms with Crippen LogP contribution in [0.5, 0.6) is 11.5 Å². The Morgan fingerprint density at radius 3 is 2.51 bits per heavy atom. The van der Waals surface area contributed by atoms with Gasteiger partial charge in [0.05, 0.1) is 18.2 Å². The Morgan fingerprint density at radius 2 is 1.91 bits per heavy atom. The molecule has 4 rings (SSSR count). The molecule has 0 saturated heterocycles. The zero-order chi connectivity index (χ0) is 25.8. The maximum Gasteiger partial charge on any atom is 0.255 e. The molecule has 0 fully saturated rings. The quantitative estimate of drug-likeness (QED) is 0.294. The lowest BCUT2D eigenvalue weighted by molar-refractivity contribution is -0.148. The van der Waals surface area contributed by atoms with Gasteiger partial charge in [0.15, 0.2) is 11.4 Å². The zero-order valence-corrected chi connectivity index (χ0v) is 19.9. The minimum atomic E-state index is -2.64. The fourth-order valence-corrected chi connectivity index (χ4v) is 5.68. The Kier molecular flexibility index (Phi) is 6.14. The van der Waals surface area contributed by atoms with Crippen LogP contribution in [-0.4, -0.2) is 75.1 Å². The van der Waals surface area contributed by atoms with Crippen LogP contribution in [-0.2, 0) is 16.0 Å². The summed E-state index contributed by atoms with van der Waals surface area (Å²) >= 11 is 0. The fraction of sp³-hybridized carbons (Fsp3) is 0.480. The minimum absolute atomic E-state index is 0.0375. The molecule has 1 aromatic rings. The molecule has 10 heteroatoms. The average Bonchev–Trinajstić information content (AvgIpc) is 2.77. The van der Waals surface area contributed by atoms with Crippen molar-refractivity contribution in [1.29, 1.82) is 0 Å². The van der Waals surface area contributed by atoms with E-state index in [1.54, 1.807) is 20.2 Å². The summed E-state index contributed by atoms with van der Waals surface area (Å²) in [5.41, 5.74) is 2.10. The molecule has 0 unspecified atom stereocenters. The topological polar surface area (TPSA) is 171 Å². The molecule has 35 heavy (non-hydrogen) atoms. The smallest absolute Gasteiger partial charge is 0.255 e. The molecule has 3 aliphatic rings. The number of aromatic hydroxyl groups is 1. The van der Waals surface area contributed by atoms with Crippen molar-refractivity contribution in [3.8, 4) is 11.5 Å². The highest BCUT2D eigenvalue weighted by molar-refractivity contribution is 6.24. The summed E-state index contributed by atoms with van der Waals surface area (Å²) in [5, 5.41) is 44.1. The van der Waals surface area contributed by atoms with E-state index in [0.717, 1.165) is 12.8 Å². The molecule has 0 saturated carbocycles. The number of primary amides is 1. The number of aliphatic hydroxyl groups is 3.